The van der Waals surface area contributed by atoms with Crippen LogP contribution >= 0.6 is 22.6 Å². The van der Waals surface area contributed by atoms with Crippen LogP contribution in [0.15, 0.2) is 6.20 Å². The summed E-state index contributed by atoms with van der Waals surface area (Å²) in [5.41, 5.74) is 0. The molecule has 0 aliphatic carbocycles. The fraction of sp³-hybridized carbons (Fsp3) is 0. The number of hydrogen-bond donors (Lipinski definition) is 3. The first-order valence-electron chi connectivity index (χ1n) is 2.42. The number of rotatable bonds is 2. The van der Waals surface area contributed by atoms with Gasteiger partial charge in [0.25, 0.3) is 0 Å². The van der Waals surface area contributed by atoms with Crippen molar-refractivity contribution < 1.29 is 14.7 Å². The Bertz CT molecular complexity index is 215. The van der Waals surface area contributed by atoms with Crippen LogP contribution in [0.1, 0.15) is 0 Å². The summed E-state index contributed by atoms with van der Waals surface area (Å²) in [5.74, 6) is 0.260. The van der Waals surface area contributed by atoms with Crippen molar-refractivity contribution in [2.75, 3.05) is 0 Å². The molecule has 7 heteroatoms. The Morgan fingerprint density at radius 2 is 2.40 bits per heavy atom. The smallest absolute Gasteiger partial charge is 0.497 e. The molecule has 10 heavy (non-hydrogen) atoms. The van der Waals surface area contributed by atoms with Gasteiger partial charge < -0.3 is 14.7 Å². The van der Waals surface area contributed by atoms with E-state index in [1.807, 2.05) is 22.6 Å². The van der Waals surface area contributed by atoms with Crippen LogP contribution in [0.4, 0.5) is 0 Å². The first kappa shape index (κ1) is 7.83. The third-order valence-electron chi connectivity index (χ3n) is 0.784. The van der Waals surface area contributed by atoms with Crippen LogP contribution in [0.2, 0.25) is 0 Å². The van der Waals surface area contributed by atoms with E-state index in [1.165, 1.54) is 6.20 Å². The van der Waals surface area contributed by atoms with Crippen molar-refractivity contribution >= 4 is 29.9 Å². The molecular weight excluding hydrogens is 250 g/mol. The third-order valence-corrected chi connectivity index (χ3v) is 1.55. The highest BCUT2D eigenvalue weighted by atomic mass is 127. The van der Waals surface area contributed by atoms with Gasteiger partial charge in [-0.1, -0.05) is 0 Å². The third kappa shape index (κ3) is 1.85. The summed E-state index contributed by atoms with van der Waals surface area (Å²) in [7, 11) is -1.80. The number of nitrogens with zero attached hydrogens (tertiary/aromatic N) is 1. The standard InChI is InChI=1S/C3H4BIN2O3/c5-2-1-6-7-3(2)10-4(8)9/h1,8-9H,(H,6,7). The van der Waals surface area contributed by atoms with E-state index in [1.54, 1.807) is 0 Å². The predicted octanol–water partition coefficient (Wildman–Crippen LogP) is -0.637. The maximum atomic E-state index is 8.33. The van der Waals surface area contributed by atoms with Gasteiger partial charge in [-0.2, -0.15) is 5.10 Å². The zero-order valence-corrected chi connectivity index (χ0v) is 6.94. The summed E-state index contributed by atoms with van der Waals surface area (Å²) in [5, 5.41) is 22.7. The van der Waals surface area contributed by atoms with Gasteiger partial charge in [-0.15, -0.1) is 0 Å². The van der Waals surface area contributed by atoms with Gasteiger partial charge in [0.15, 0.2) is 0 Å². The second-order valence-corrected chi connectivity index (χ2v) is 2.65. The van der Waals surface area contributed by atoms with E-state index >= 15 is 0 Å². The maximum absolute atomic E-state index is 8.33. The van der Waals surface area contributed by atoms with Crippen molar-refractivity contribution in [3.63, 3.8) is 0 Å². The first-order valence-corrected chi connectivity index (χ1v) is 3.49. The van der Waals surface area contributed by atoms with Gasteiger partial charge in [-0.3, -0.25) is 0 Å². The number of halogens is 1. The quantitative estimate of drug-likeness (QED) is 0.484. The van der Waals surface area contributed by atoms with E-state index in [0.717, 1.165) is 0 Å². The molecule has 5 nitrogen and oxygen atoms in total. The molecule has 1 aromatic rings. The van der Waals surface area contributed by atoms with Gasteiger partial charge >= 0.3 is 7.32 Å². The molecule has 0 saturated heterocycles. The Labute approximate surface area is 70.7 Å². The van der Waals surface area contributed by atoms with Gasteiger partial charge in [0, 0.05) is 0 Å². The second kappa shape index (κ2) is 3.22. The highest BCUT2D eigenvalue weighted by Gasteiger charge is 2.14. The molecule has 0 atom stereocenters. The topological polar surface area (TPSA) is 78.4 Å². The number of hydrogen-bond acceptors (Lipinski definition) is 4. The number of aromatic amines is 1. The van der Waals surface area contributed by atoms with Crippen molar-refractivity contribution in [1.82, 2.24) is 10.2 Å². The fourth-order valence-electron chi connectivity index (χ4n) is 0.448. The molecule has 0 aliphatic heterocycles. The minimum Gasteiger partial charge on any atom is -0.497 e. The Kier molecular flexibility index (Phi) is 2.52. The van der Waals surface area contributed by atoms with Crippen LogP contribution in [0.3, 0.4) is 0 Å². The molecule has 0 bridgehead atoms. The average Bonchev–Trinajstić information content (AvgIpc) is 2.15. The minimum atomic E-state index is -1.80. The summed E-state index contributed by atoms with van der Waals surface area (Å²) in [4.78, 5) is 0. The molecule has 3 N–H and O–H groups in total. The SMILES string of the molecule is OB(O)Oc1[nH]ncc1I. The number of nitrogens with one attached hydrogen (secondary N) is 1. The predicted molar refractivity (Wildman–Crippen MR) is 42.1 cm³/mol. The highest BCUT2D eigenvalue weighted by Crippen LogP contribution is 2.15. The first-order chi connectivity index (χ1) is 4.70. The van der Waals surface area contributed by atoms with Gasteiger partial charge in [0.2, 0.25) is 5.88 Å². The van der Waals surface area contributed by atoms with Crippen LogP contribution in [-0.2, 0) is 0 Å². The lowest BCUT2D eigenvalue weighted by atomic mass is 10.3. The van der Waals surface area contributed by atoms with E-state index in [4.69, 9.17) is 10.0 Å². The molecule has 0 aromatic carbocycles. The monoisotopic (exact) mass is 254 g/mol. The van der Waals surface area contributed by atoms with E-state index < -0.39 is 7.32 Å². The van der Waals surface area contributed by atoms with Gasteiger partial charge in [0.1, 0.15) is 0 Å². The molecular formula is C3H4BIN2O3. The largest absolute Gasteiger partial charge is 0.708 e. The van der Waals surface area contributed by atoms with Crippen molar-refractivity contribution in [3.05, 3.63) is 9.77 Å². The van der Waals surface area contributed by atoms with E-state index in [-0.39, 0.29) is 5.88 Å². The fourth-order valence-corrected chi connectivity index (χ4v) is 0.835. The molecule has 54 valence electrons. The minimum absolute atomic E-state index is 0.260. The summed E-state index contributed by atoms with van der Waals surface area (Å²) in [6.07, 6.45) is 1.51. The van der Waals surface area contributed by atoms with Gasteiger partial charge in [0.05, 0.1) is 9.77 Å². The summed E-state index contributed by atoms with van der Waals surface area (Å²) in [6, 6.07) is 0. The molecule has 0 saturated carbocycles. The zero-order chi connectivity index (χ0) is 7.56. The summed E-state index contributed by atoms with van der Waals surface area (Å²) < 4.78 is 5.17. The van der Waals surface area contributed by atoms with E-state index in [0.29, 0.717) is 3.57 Å². The normalized spacial score (nSPS) is 9.50. The van der Waals surface area contributed by atoms with Crippen LogP contribution < -0.4 is 4.65 Å². The molecule has 1 aromatic heterocycles. The molecule has 0 radical (unpaired) electrons. The zero-order valence-electron chi connectivity index (χ0n) is 4.78. The average molecular weight is 254 g/mol. The van der Waals surface area contributed by atoms with Crippen LogP contribution in [-0.4, -0.2) is 27.6 Å². The van der Waals surface area contributed by atoms with Crippen molar-refractivity contribution in [1.29, 1.82) is 0 Å². The molecule has 0 fully saturated rings. The van der Waals surface area contributed by atoms with Gasteiger partial charge in [-0.05, 0) is 22.6 Å². The Morgan fingerprint density at radius 3 is 2.80 bits per heavy atom. The lowest BCUT2D eigenvalue weighted by Crippen LogP contribution is -2.21. The Morgan fingerprint density at radius 1 is 1.70 bits per heavy atom. The van der Waals surface area contributed by atoms with E-state index in [9.17, 15) is 0 Å². The van der Waals surface area contributed by atoms with Crippen molar-refractivity contribution in [2.24, 2.45) is 0 Å². The lowest BCUT2D eigenvalue weighted by molar-refractivity contribution is 0.282. The Hall–Kier alpha value is -0.275. The second-order valence-electron chi connectivity index (χ2n) is 1.49. The highest BCUT2D eigenvalue weighted by molar-refractivity contribution is 14.1. The lowest BCUT2D eigenvalue weighted by Gasteiger charge is -1.99. The summed E-state index contributed by atoms with van der Waals surface area (Å²) >= 11 is 1.95. The molecule has 0 unspecified atom stereocenters. The van der Waals surface area contributed by atoms with Crippen LogP contribution in [0, 0.1) is 3.57 Å². The van der Waals surface area contributed by atoms with Gasteiger partial charge in [-0.25, -0.2) is 5.10 Å². The summed E-state index contributed by atoms with van der Waals surface area (Å²) in [6.45, 7) is 0. The van der Waals surface area contributed by atoms with Crippen LogP contribution in [0.25, 0.3) is 0 Å². The molecule has 0 aliphatic rings. The molecule has 1 rings (SSSR count). The molecule has 1 heterocycles. The maximum Gasteiger partial charge on any atom is 0.708 e. The van der Waals surface area contributed by atoms with Crippen molar-refractivity contribution in [3.8, 4) is 5.88 Å². The Balaban J connectivity index is 2.65. The molecule has 0 spiro atoms. The number of aromatic nitrogens is 2. The van der Waals surface area contributed by atoms with Crippen molar-refractivity contribution in [2.45, 2.75) is 0 Å². The van der Waals surface area contributed by atoms with Crippen LogP contribution in [0.5, 0.6) is 5.88 Å². The van der Waals surface area contributed by atoms with E-state index in [2.05, 4.69) is 14.9 Å². The number of H-pyrrole nitrogens is 1. The molecule has 0 amide bonds.